The molecule has 0 bridgehead atoms. The highest BCUT2D eigenvalue weighted by Gasteiger charge is 2.04. The number of benzene rings is 1. The minimum absolute atomic E-state index is 0.0569. The fourth-order valence-electron chi connectivity index (χ4n) is 2.02. The van der Waals surface area contributed by atoms with Crippen molar-refractivity contribution in [3.05, 3.63) is 54.4 Å². The molecule has 0 spiro atoms. The van der Waals surface area contributed by atoms with Crippen LogP contribution in [-0.2, 0) is 0 Å². The first-order valence-electron chi connectivity index (χ1n) is 6.86. The summed E-state index contributed by atoms with van der Waals surface area (Å²) in [6.45, 7) is 1.70. The Kier molecular flexibility index (Phi) is 5.15. The lowest BCUT2D eigenvalue weighted by atomic mass is 10.2. The van der Waals surface area contributed by atoms with E-state index in [2.05, 4.69) is 34.4 Å². The summed E-state index contributed by atoms with van der Waals surface area (Å²) in [4.78, 5) is 16.8. The molecular weight excluding hydrogens is 266 g/mol. The monoisotopic (exact) mass is 285 g/mol. The van der Waals surface area contributed by atoms with Gasteiger partial charge in [0.15, 0.2) is 0 Å². The average molecular weight is 285 g/mol. The number of nitrogens with zero attached hydrogens (tertiary/aromatic N) is 2. The molecule has 1 aromatic carbocycles. The maximum Gasteiger partial charge on any atom is 0.354 e. The van der Waals surface area contributed by atoms with Crippen LogP contribution in [0.2, 0.25) is 0 Å². The van der Waals surface area contributed by atoms with E-state index in [0.717, 1.165) is 25.2 Å². The summed E-state index contributed by atoms with van der Waals surface area (Å²) >= 11 is 0. The standard InChI is InChI=1S/C16H19N3O2/c1-19(14-6-3-2-4-7-14)11-5-9-17-13-8-10-18-15(12-13)16(20)21/h2-4,6-8,10,12H,5,9,11H2,1H3,(H,17,18)(H,20,21). The van der Waals surface area contributed by atoms with Crippen molar-refractivity contribution in [3.8, 4) is 0 Å². The number of aromatic nitrogens is 1. The highest BCUT2D eigenvalue weighted by atomic mass is 16.4. The summed E-state index contributed by atoms with van der Waals surface area (Å²) in [6, 6.07) is 13.5. The second-order valence-corrected chi connectivity index (χ2v) is 4.77. The molecule has 0 saturated carbocycles. The molecular formula is C16H19N3O2. The number of carboxylic acids is 1. The van der Waals surface area contributed by atoms with Crippen LogP contribution in [0.25, 0.3) is 0 Å². The fraction of sp³-hybridized carbons (Fsp3) is 0.250. The van der Waals surface area contributed by atoms with Crippen molar-refractivity contribution < 1.29 is 9.90 Å². The number of carboxylic acid groups (broad SMARTS) is 1. The molecule has 2 aromatic rings. The predicted molar refractivity (Wildman–Crippen MR) is 84.0 cm³/mol. The van der Waals surface area contributed by atoms with E-state index >= 15 is 0 Å². The Hall–Kier alpha value is -2.56. The molecule has 0 aliphatic rings. The highest BCUT2D eigenvalue weighted by molar-refractivity contribution is 5.86. The molecule has 110 valence electrons. The van der Waals surface area contributed by atoms with E-state index in [1.54, 1.807) is 12.1 Å². The molecule has 0 radical (unpaired) electrons. The molecule has 1 heterocycles. The van der Waals surface area contributed by atoms with Crippen LogP contribution in [0.5, 0.6) is 0 Å². The van der Waals surface area contributed by atoms with E-state index in [1.165, 1.54) is 11.9 Å². The number of carbonyl (C=O) groups is 1. The van der Waals surface area contributed by atoms with E-state index < -0.39 is 5.97 Å². The number of aromatic carboxylic acids is 1. The van der Waals surface area contributed by atoms with Crippen LogP contribution >= 0.6 is 0 Å². The Morgan fingerprint density at radius 3 is 2.76 bits per heavy atom. The molecule has 0 fully saturated rings. The molecule has 0 aliphatic heterocycles. The molecule has 2 N–H and O–H groups in total. The van der Waals surface area contributed by atoms with Crippen LogP contribution < -0.4 is 10.2 Å². The van der Waals surface area contributed by atoms with Crippen LogP contribution in [0.1, 0.15) is 16.9 Å². The van der Waals surface area contributed by atoms with Gasteiger partial charge in [-0.1, -0.05) is 18.2 Å². The normalized spacial score (nSPS) is 10.1. The van der Waals surface area contributed by atoms with Crippen molar-refractivity contribution in [3.63, 3.8) is 0 Å². The van der Waals surface area contributed by atoms with Gasteiger partial charge in [-0.15, -0.1) is 0 Å². The third-order valence-electron chi connectivity index (χ3n) is 3.18. The molecule has 21 heavy (non-hydrogen) atoms. The van der Waals surface area contributed by atoms with Gasteiger partial charge in [0, 0.05) is 37.7 Å². The maximum atomic E-state index is 10.8. The Balaban J connectivity index is 1.77. The maximum absolute atomic E-state index is 10.8. The summed E-state index contributed by atoms with van der Waals surface area (Å²) in [5.74, 6) is -1.01. The van der Waals surface area contributed by atoms with Crippen molar-refractivity contribution in [2.24, 2.45) is 0 Å². The summed E-state index contributed by atoms with van der Waals surface area (Å²) < 4.78 is 0. The fourth-order valence-corrected chi connectivity index (χ4v) is 2.02. The lowest BCUT2D eigenvalue weighted by molar-refractivity contribution is 0.0690. The van der Waals surface area contributed by atoms with Gasteiger partial charge in [-0.2, -0.15) is 0 Å². The number of nitrogens with one attached hydrogen (secondary N) is 1. The van der Waals surface area contributed by atoms with Gasteiger partial charge in [-0.25, -0.2) is 9.78 Å². The summed E-state index contributed by atoms with van der Waals surface area (Å²) in [6.07, 6.45) is 2.46. The first-order chi connectivity index (χ1) is 10.2. The lowest BCUT2D eigenvalue weighted by Gasteiger charge is -2.19. The predicted octanol–water partition coefficient (Wildman–Crippen LogP) is 2.72. The van der Waals surface area contributed by atoms with Gasteiger partial charge in [0.05, 0.1) is 0 Å². The lowest BCUT2D eigenvalue weighted by Crippen LogP contribution is -2.20. The largest absolute Gasteiger partial charge is 0.477 e. The Bertz CT molecular complexity index is 587. The molecule has 0 atom stereocenters. The minimum atomic E-state index is -1.01. The number of para-hydroxylation sites is 1. The van der Waals surface area contributed by atoms with Crippen molar-refractivity contribution in [2.75, 3.05) is 30.4 Å². The Morgan fingerprint density at radius 2 is 2.05 bits per heavy atom. The third kappa shape index (κ3) is 4.49. The third-order valence-corrected chi connectivity index (χ3v) is 3.18. The van der Waals surface area contributed by atoms with E-state index in [4.69, 9.17) is 5.11 Å². The molecule has 0 unspecified atom stereocenters. The zero-order valence-corrected chi connectivity index (χ0v) is 12.0. The first-order valence-corrected chi connectivity index (χ1v) is 6.86. The topological polar surface area (TPSA) is 65.5 Å². The molecule has 1 aromatic heterocycles. The highest BCUT2D eigenvalue weighted by Crippen LogP contribution is 2.11. The van der Waals surface area contributed by atoms with Gasteiger partial charge in [0.25, 0.3) is 0 Å². The van der Waals surface area contributed by atoms with Gasteiger partial charge in [-0.3, -0.25) is 0 Å². The molecule has 2 rings (SSSR count). The van der Waals surface area contributed by atoms with Crippen LogP contribution in [0.3, 0.4) is 0 Å². The van der Waals surface area contributed by atoms with Crippen LogP contribution in [0, 0.1) is 0 Å². The van der Waals surface area contributed by atoms with E-state index in [-0.39, 0.29) is 5.69 Å². The zero-order valence-electron chi connectivity index (χ0n) is 12.0. The van der Waals surface area contributed by atoms with E-state index in [1.807, 2.05) is 18.2 Å². The van der Waals surface area contributed by atoms with Crippen molar-refractivity contribution in [1.29, 1.82) is 0 Å². The summed E-state index contributed by atoms with van der Waals surface area (Å²) in [5, 5.41) is 12.1. The van der Waals surface area contributed by atoms with Crippen LogP contribution in [0.4, 0.5) is 11.4 Å². The second kappa shape index (κ2) is 7.28. The number of pyridine rings is 1. The number of hydrogen-bond acceptors (Lipinski definition) is 4. The SMILES string of the molecule is CN(CCCNc1ccnc(C(=O)O)c1)c1ccccc1. The van der Waals surface area contributed by atoms with Crippen LogP contribution in [0.15, 0.2) is 48.7 Å². The van der Waals surface area contributed by atoms with Gasteiger partial charge in [0.1, 0.15) is 5.69 Å². The van der Waals surface area contributed by atoms with E-state index in [9.17, 15) is 4.79 Å². The number of rotatable bonds is 7. The van der Waals surface area contributed by atoms with Gasteiger partial charge >= 0.3 is 5.97 Å². The Labute approximate surface area is 124 Å². The molecule has 5 nitrogen and oxygen atoms in total. The summed E-state index contributed by atoms with van der Waals surface area (Å²) in [7, 11) is 2.06. The van der Waals surface area contributed by atoms with E-state index in [0.29, 0.717) is 0 Å². The number of hydrogen-bond donors (Lipinski definition) is 2. The van der Waals surface area contributed by atoms with Crippen LogP contribution in [-0.4, -0.2) is 36.2 Å². The summed E-state index contributed by atoms with van der Waals surface area (Å²) in [5.41, 5.74) is 2.03. The first kappa shape index (κ1) is 14.8. The quantitative estimate of drug-likeness (QED) is 0.766. The van der Waals surface area contributed by atoms with Crippen molar-refractivity contribution in [2.45, 2.75) is 6.42 Å². The second-order valence-electron chi connectivity index (χ2n) is 4.77. The number of anilines is 2. The van der Waals surface area contributed by atoms with Gasteiger partial charge < -0.3 is 15.3 Å². The molecule has 5 heteroatoms. The molecule has 0 saturated heterocycles. The smallest absolute Gasteiger partial charge is 0.354 e. The molecule has 0 aliphatic carbocycles. The Morgan fingerprint density at radius 1 is 1.29 bits per heavy atom. The van der Waals surface area contributed by atoms with Crippen molar-refractivity contribution in [1.82, 2.24) is 4.98 Å². The average Bonchev–Trinajstić information content (AvgIpc) is 2.52. The molecule has 0 amide bonds. The minimum Gasteiger partial charge on any atom is -0.477 e. The van der Waals surface area contributed by atoms with Crippen molar-refractivity contribution >= 4 is 17.3 Å². The zero-order chi connectivity index (χ0) is 15.1. The van der Waals surface area contributed by atoms with Gasteiger partial charge in [-0.05, 0) is 30.7 Å². The van der Waals surface area contributed by atoms with Gasteiger partial charge in [0.2, 0.25) is 0 Å².